The van der Waals surface area contributed by atoms with E-state index in [9.17, 15) is 0 Å². The lowest BCUT2D eigenvalue weighted by atomic mass is 9.89. The third-order valence-corrected chi connectivity index (χ3v) is 12.8. The highest BCUT2D eigenvalue weighted by Crippen LogP contribution is 2.55. The second kappa shape index (κ2) is 12.9. The monoisotopic (exact) mass is 726 g/mol. The number of hydrogen-bond donors (Lipinski definition) is 0. The Balaban J connectivity index is 1.26. The standard InChI is InChI=1S/C46H32O5P2/c1-29-27-31-15-3-5-17-33(31)43(45(29)50-52-41-25-13-11-23-39(41)47-40-24-12-14-26-42(40)52)44-34-18-6-4-16-32(34)28-30(2)46(44)51-53-48-37-21-9-7-19-35(37)36-20-8-10-22-38(36)49-53/h3-28H,1-2H3. The average Bonchev–Trinajstić information content (AvgIpc) is 3.35. The molecule has 0 unspecified atom stereocenters. The first kappa shape index (κ1) is 31.7. The molecule has 0 atom stereocenters. The molecule has 10 rings (SSSR count). The highest BCUT2D eigenvalue weighted by molar-refractivity contribution is 7.69. The van der Waals surface area contributed by atoms with Crippen molar-refractivity contribution < 1.29 is 22.2 Å². The van der Waals surface area contributed by atoms with Crippen LogP contribution in [-0.2, 0) is 0 Å². The molecule has 5 nitrogen and oxygen atoms in total. The van der Waals surface area contributed by atoms with Crippen molar-refractivity contribution >= 4 is 70.5 Å². The zero-order valence-corrected chi connectivity index (χ0v) is 30.7. The van der Waals surface area contributed by atoms with Crippen LogP contribution < -0.4 is 24.4 Å². The summed E-state index contributed by atoms with van der Waals surface area (Å²) in [5.41, 5.74) is 5.31. The molecular formula is C46H32O5P2. The molecule has 0 N–H and O–H groups in total. The Kier molecular flexibility index (Phi) is 7.72. The molecule has 1 aromatic heterocycles. The number of fused-ring (bicyclic) bond motifs is 7. The molecule has 9 aromatic rings. The van der Waals surface area contributed by atoms with Gasteiger partial charge in [-0.15, -0.1) is 0 Å². The Morgan fingerprint density at radius 3 is 1.38 bits per heavy atom. The second-order valence-corrected chi connectivity index (χ2v) is 15.9. The van der Waals surface area contributed by atoms with Gasteiger partial charge in [0.1, 0.15) is 34.2 Å². The van der Waals surface area contributed by atoms with Crippen molar-refractivity contribution in [2.45, 2.75) is 13.8 Å². The molecule has 0 fully saturated rings. The van der Waals surface area contributed by atoms with E-state index in [1.54, 1.807) is 0 Å². The van der Waals surface area contributed by atoms with E-state index in [0.717, 1.165) is 82.4 Å². The van der Waals surface area contributed by atoms with Gasteiger partial charge in [-0.1, -0.05) is 109 Å². The number of aryl methyl sites for hydroxylation is 2. The van der Waals surface area contributed by atoms with Gasteiger partial charge in [0, 0.05) is 21.9 Å². The molecule has 7 heteroatoms. The average molecular weight is 727 g/mol. The van der Waals surface area contributed by atoms with Gasteiger partial charge in [-0.25, -0.2) is 0 Å². The molecule has 0 bridgehead atoms. The summed E-state index contributed by atoms with van der Waals surface area (Å²) in [5, 5.41) is 8.31. The molecule has 1 aliphatic rings. The Bertz CT molecular complexity index is 2830. The summed E-state index contributed by atoms with van der Waals surface area (Å²) in [6.45, 7) is 4.22. The van der Waals surface area contributed by atoms with E-state index in [1.807, 2.05) is 72.8 Å². The molecule has 0 amide bonds. The molecule has 2 heterocycles. The third-order valence-electron chi connectivity index (χ3n) is 9.77. The molecule has 0 radical (unpaired) electrons. The first-order valence-electron chi connectivity index (χ1n) is 17.5. The van der Waals surface area contributed by atoms with Crippen LogP contribution in [0.3, 0.4) is 0 Å². The van der Waals surface area contributed by atoms with Gasteiger partial charge in [-0.3, -0.25) is 0 Å². The molecule has 256 valence electrons. The molecule has 0 saturated carbocycles. The van der Waals surface area contributed by atoms with Gasteiger partial charge < -0.3 is 22.2 Å². The predicted molar refractivity (Wildman–Crippen MR) is 218 cm³/mol. The van der Waals surface area contributed by atoms with Crippen LogP contribution in [0.4, 0.5) is 0 Å². The van der Waals surface area contributed by atoms with Gasteiger partial charge in [0.25, 0.3) is 0 Å². The molecule has 0 aliphatic carbocycles. The van der Waals surface area contributed by atoms with Gasteiger partial charge in [-0.05, 0) is 95.1 Å². The van der Waals surface area contributed by atoms with Gasteiger partial charge in [0.2, 0.25) is 0 Å². The van der Waals surface area contributed by atoms with E-state index in [0.29, 0.717) is 16.9 Å². The summed E-state index contributed by atoms with van der Waals surface area (Å²) < 4.78 is 34.2. The second-order valence-electron chi connectivity index (χ2n) is 13.2. The van der Waals surface area contributed by atoms with Crippen molar-refractivity contribution in [3.8, 4) is 34.1 Å². The normalized spacial score (nSPS) is 12.4. The largest absolute Gasteiger partial charge is 0.463 e. The molecule has 0 spiro atoms. The highest BCUT2D eigenvalue weighted by atomic mass is 31.1. The van der Waals surface area contributed by atoms with E-state index in [-0.39, 0.29) is 0 Å². The smallest absolute Gasteiger partial charge is 0.453 e. The van der Waals surface area contributed by atoms with Crippen LogP contribution in [0.1, 0.15) is 11.1 Å². The Hall–Kier alpha value is -5.99. The van der Waals surface area contributed by atoms with Crippen molar-refractivity contribution in [2.75, 3.05) is 0 Å². The minimum absolute atomic E-state index is 0.688. The summed E-state index contributed by atoms with van der Waals surface area (Å²) in [6, 6.07) is 53.8. The van der Waals surface area contributed by atoms with Crippen molar-refractivity contribution in [3.63, 3.8) is 0 Å². The molecule has 1 aliphatic heterocycles. The number of benzene rings is 8. The lowest BCUT2D eigenvalue weighted by Gasteiger charge is -2.30. The Morgan fingerprint density at radius 1 is 0.434 bits per heavy atom. The van der Waals surface area contributed by atoms with Crippen LogP contribution in [0.15, 0.2) is 166 Å². The van der Waals surface area contributed by atoms with Crippen molar-refractivity contribution in [2.24, 2.45) is 0 Å². The third kappa shape index (κ3) is 5.44. The zero-order chi connectivity index (χ0) is 35.5. The van der Waals surface area contributed by atoms with Crippen molar-refractivity contribution in [1.82, 2.24) is 0 Å². The minimum Gasteiger partial charge on any atom is -0.463 e. The molecule has 53 heavy (non-hydrogen) atoms. The van der Waals surface area contributed by atoms with Crippen molar-refractivity contribution in [1.29, 1.82) is 0 Å². The maximum atomic E-state index is 7.45. The fourth-order valence-corrected chi connectivity index (χ4v) is 10.5. The maximum Gasteiger partial charge on any atom is 0.453 e. The maximum absolute atomic E-state index is 7.45. The SMILES string of the molecule is Cc1cc2ccccc2c(-c2c(Op3oc4ccccc4c4ccccc4o3)c(C)cc3ccccc23)c1OP1c2ccccc2Oc2ccccc21. The summed E-state index contributed by atoms with van der Waals surface area (Å²) in [5.74, 6) is 3.11. The number of ether oxygens (including phenoxy) is 1. The van der Waals surface area contributed by atoms with E-state index in [4.69, 9.17) is 22.2 Å². The zero-order valence-electron chi connectivity index (χ0n) is 28.9. The Morgan fingerprint density at radius 2 is 0.849 bits per heavy atom. The summed E-state index contributed by atoms with van der Waals surface area (Å²) in [4.78, 5) is 0. The Labute approximate surface area is 308 Å². The van der Waals surface area contributed by atoms with Crippen LogP contribution in [0.5, 0.6) is 23.0 Å². The number of hydrogen-bond acceptors (Lipinski definition) is 5. The lowest BCUT2D eigenvalue weighted by molar-refractivity contribution is 0.485. The van der Waals surface area contributed by atoms with E-state index in [1.165, 1.54) is 0 Å². The van der Waals surface area contributed by atoms with Gasteiger partial charge >= 0.3 is 8.24 Å². The number of rotatable bonds is 5. The topological polar surface area (TPSA) is 54.0 Å². The molecular weight excluding hydrogens is 694 g/mol. The van der Waals surface area contributed by atoms with Gasteiger partial charge in [0.05, 0.1) is 10.6 Å². The van der Waals surface area contributed by atoms with Gasteiger partial charge in [0.15, 0.2) is 8.15 Å². The van der Waals surface area contributed by atoms with E-state index in [2.05, 4.69) is 98.8 Å². The fourth-order valence-electron chi connectivity index (χ4n) is 7.36. The summed E-state index contributed by atoms with van der Waals surface area (Å²) >= 11 is 0. The van der Waals surface area contributed by atoms with Crippen molar-refractivity contribution in [3.05, 3.63) is 169 Å². The van der Waals surface area contributed by atoms with Crippen LogP contribution in [0.25, 0.3) is 54.6 Å². The molecule has 0 saturated heterocycles. The van der Waals surface area contributed by atoms with Crippen LogP contribution in [-0.4, -0.2) is 0 Å². The fraction of sp³-hybridized carbons (Fsp3) is 0.0435. The summed E-state index contributed by atoms with van der Waals surface area (Å²) in [7, 11) is -3.23. The summed E-state index contributed by atoms with van der Waals surface area (Å²) in [6.07, 6.45) is 0. The first-order chi connectivity index (χ1) is 26.1. The van der Waals surface area contributed by atoms with E-state index < -0.39 is 16.4 Å². The van der Waals surface area contributed by atoms with E-state index >= 15 is 0 Å². The van der Waals surface area contributed by atoms with Crippen LogP contribution >= 0.6 is 16.4 Å². The number of para-hydroxylation sites is 4. The predicted octanol–water partition coefficient (Wildman–Crippen LogP) is 13.3. The van der Waals surface area contributed by atoms with Crippen LogP contribution in [0, 0.1) is 13.8 Å². The quantitative estimate of drug-likeness (QED) is 0.165. The van der Waals surface area contributed by atoms with Crippen LogP contribution in [0.2, 0.25) is 0 Å². The lowest BCUT2D eigenvalue weighted by Crippen LogP contribution is -2.24. The highest BCUT2D eigenvalue weighted by Gasteiger charge is 2.32. The van der Waals surface area contributed by atoms with Gasteiger partial charge in [-0.2, -0.15) is 0 Å². The first-order valence-corrected chi connectivity index (χ1v) is 19.9. The molecule has 8 aromatic carbocycles. The minimum atomic E-state index is -1.93.